The molecule has 0 saturated carbocycles. The molecule has 72 heavy (non-hydrogen) atoms. The predicted molar refractivity (Wildman–Crippen MR) is 315 cm³/mol. The predicted octanol–water partition coefficient (Wildman–Crippen LogP) is 20.6. The topological polar surface area (TPSA) is 95.9 Å². The Morgan fingerprint density at radius 3 is 0.986 bits per heavy atom. The maximum absolute atomic E-state index is 12.5. The van der Waals surface area contributed by atoms with Crippen LogP contribution < -0.4 is 5.32 Å². The van der Waals surface area contributed by atoms with Gasteiger partial charge < -0.3 is 20.3 Å². The first-order valence-electron chi connectivity index (χ1n) is 32.6. The molecule has 0 spiro atoms. The number of aliphatic hydroxyl groups is 2. The minimum Gasteiger partial charge on any atom is -0.466 e. The van der Waals surface area contributed by atoms with Gasteiger partial charge in [-0.15, -0.1) is 0 Å². The molecular weight excluding hydrogens is 887 g/mol. The van der Waals surface area contributed by atoms with E-state index >= 15 is 0 Å². The van der Waals surface area contributed by atoms with Gasteiger partial charge in [-0.3, -0.25) is 9.59 Å². The minimum atomic E-state index is -0.847. The number of rotatable bonds is 61. The van der Waals surface area contributed by atoms with Crippen LogP contribution in [0.2, 0.25) is 0 Å². The highest BCUT2D eigenvalue weighted by molar-refractivity contribution is 5.76. The summed E-state index contributed by atoms with van der Waals surface area (Å²) in [5.74, 6) is -0.0644. The Morgan fingerprint density at radius 1 is 0.375 bits per heavy atom. The van der Waals surface area contributed by atoms with Gasteiger partial charge in [0.1, 0.15) is 0 Å². The van der Waals surface area contributed by atoms with E-state index in [0.717, 1.165) is 44.9 Å². The second-order valence-electron chi connectivity index (χ2n) is 22.5. The zero-order valence-corrected chi connectivity index (χ0v) is 48.7. The first kappa shape index (κ1) is 70.3. The van der Waals surface area contributed by atoms with Crippen molar-refractivity contribution in [2.75, 3.05) is 13.2 Å². The molecule has 3 N–H and O–H groups in total. The number of hydrogen-bond donors (Lipinski definition) is 3. The SMILES string of the molecule is CCCCCCC/C=C\CCCCCCCC(=O)OCCCCCCCCCCCCCCCCCCCCCCC(=O)NC(CO)C(O)/C=C/CCCCCCCCCCCCCCCCCCCCC. The molecule has 0 rings (SSSR count). The number of ether oxygens (including phenoxy) is 1. The summed E-state index contributed by atoms with van der Waals surface area (Å²) in [7, 11) is 0. The molecule has 426 valence electrons. The Bertz CT molecular complexity index is 1120. The third kappa shape index (κ3) is 57.6. The van der Waals surface area contributed by atoms with Crippen LogP contribution in [-0.4, -0.2) is 47.4 Å². The lowest BCUT2D eigenvalue weighted by molar-refractivity contribution is -0.143. The summed E-state index contributed by atoms with van der Waals surface area (Å²) in [5, 5.41) is 23.2. The molecule has 6 nitrogen and oxygen atoms in total. The van der Waals surface area contributed by atoms with Crippen molar-refractivity contribution in [3.63, 3.8) is 0 Å². The summed E-state index contributed by atoms with van der Waals surface area (Å²) in [6, 6.07) is -0.630. The monoisotopic (exact) mass is 1010 g/mol. The summed E-state index contributed by atoms with van der Waals surface area (Å²) in [5.41, 5.74) is 0. The molecule has 0 aromatic rings. The molecule has 0 aromatic carbocycles. The number of aliphatic hydroxyl groups excluding tert-OH is 2. The summed E-state index contributed by atoms with van der Waals surface area (Å²) < 4.78 is 5.48. The van der Waals surface area contributed by atoms with Crippen LogP contribution >= 0.6 is 0 Å². The molecule has 2 atom stereocenters. The van der Waals surface area contributed by atoms with E-state index < -0.39 is 12.1 Å². The fraction of sp³-hybridized carbons (Fsp3) is 0.909. The molecule has 1 amide bonds. The number of nitrogens with one attached hydrogen (secondary N) is 1. The van der Waals surface area contributed by atoms with Crippen LogP contribution in [0.25, 0.3) is 0 Å². The van der Waals surface area contributed by atoms with Crippen molar-refractivity contribution in [3.8, 4) is 0 Å². The van der Waals surface area contributed by atoms with Gasteiger partial charge in [-0.1, -0.05) is 314 Å². The normalized spacial score (nSPS) is 12.7. The van der Waals surface area contributed by atoms with Gasteiger partial charge in [0.2, 0.25) is 5.91 Å². The number of carbonyl (C=O) groups excluding carboxylic acids is 2. The molecular formula is C66H127NO5. The van der Waals surface area contributed by atoms with Crippen LogP contribution in [0.3, 0.4) is 0 Å². The molecule has 0 radical (unpaired) electrons. The number of allylic oxidation sites excluding steroid dienone is 3. The van der Waals surface area contributed by atoms with Gasteiger partial charge in [0.25, 0.3) is 0 Å². The minimum absolute atomic E-state index is 0.00202. The van der Waals surface area contributed by atoms with E-state index in [2.05, 4.69) is 31.3 Å². The van der Waals surface area contributed by atoms with E-state index in [1.165, 1.54) is 289 Å². The first-order chi connectivity index (χ1) is 35.5. The van der Waals surface area contributed by atoms with Gasteiger partial charge in [-0.05, 0) is 57.8 Å². The first-order valence-corrected chi connectivity index (χ1v) is 32.6. The number of amides is 1. The third-order valence-electron chi connectivity index (χ3n) is 15.2. The van der Waals surface area contributed by atoms with E-state index in [1.807, 2.05) is 6.08 Å². The van der Waals surface area contributed by atoms with Crippen molar-refractivity contribution in [2.24, 2.45) is 0 Å². The fourth-order valence-electron chi connectivity index (χ4n) is 10.2. The van der Waals surface area contributed by atoms with Gasteiger partial charge in [-0.25, -0.2) is 0 Å². The number of carbonyl (C=O) groups is 2. The third-order valence-corrected chi connectivity index (χ3v) is 15.2. The van der Waals surface area contributed by atoms with Crippen molar-refractivity contribution >= 4 is 11.9 Å². The van der Waals surface area contributed by atoms with E-state index in [4.69, 9.17) is 4.74 Å². The molecule has 0 saturated heterocycles. The van der Waals surface area contributed by atoms with E-state index in [1.54, 1.807) is 6.08 Å². The molecule has 0 aliphatic heterocycles. The Hall–Kier alpha value is -1.66. The maximum atomic E-state index is 12.5. The van der Waals surface area contributed by atoms with Gasteiger partial charge in [0.05, 0.1) is 25.4 Å². The Morgan fingerprint density at radius 2 is 0.653 bits per heavy atom. The highest BCUT2D eigenvalue weighted by atomic mass is 16.5. The Kier molecular flexibility index (Phi) is 60.5. The summed E-state index contributed by atoms with van der Waals surface area (Å²) in [6.45, 7) is 4.92. The zero-order chi connectivity index (χ0) is 52.2. The maximum Gasteiger partial charge on any atom is 0.305 e. The van der Waals surface area contributed by atoms with Crippen LogP contribution in [0.4, 0.5) is 0 Å². The lowest BCUT2D eigenvalue weighted by Crippen LogP contribution is -2.45. The van der Waals surface area contributed by atoms with Gasteiger partial charge in [-0.2, -0.15) is 0 Å². The molecule has 0 aliphatic rings. The van der Waals surface area contributed by atoms with Crippen molar-refractivity contribution in [1.82, 2.24) is 5.32 Å². The van der Waals surface area contributed by atoms with E-state index in [-0.39, 0.29) is 18.5 Å². The second kappa shape index (κ2) is 61.9. The number of unbranched alkanes of at least 4 members (excludes halogenated alkanes) is 48. The highest BCUT2D eigenvalue weighted by Gasteiger charge is 2.18. The molecule has 0 heterocycles. The second-order valence-corrected chi connectivity index (χ2v) is 22.5. The molecule has 0 bridgehead atoms. The molecule has 2 unspecified atom stereocenters. The standard InChI is InChI=1S/C66H127NO5/c1-3-5-7-9-11-13-15-17-19-20-21-22-25-28-31-34-38-42-46-50-54-58-64(69)63(62-68)67-65(70)59-55-51-47-43-39-35-32-29-26-23-24-27-30-33-37-41-45-49-53-57-61-72-66(71)60-56-52-48-44-40-36-18-16-14-12-10-8-6-4-2/h16,18,54,58,63-64,68-69H,3-15,17,19-53,55-57,59-62H2,1-2H3,(H,67,70)/b18-16-,58-54+. The molecule has 0 aromatic heterocycles. The molecule has 0 fully saturated rings. The molecule has 0 aliphatic carbocycles. The smallest absolute Gasteiger partial charge is 0.305 e. The van der Waals surface area contributed by atoms with Crippen molar-refractivity contribution < 1.29 is 24.5 Å². The van der Waals surface area contributed by atoms with Crippen molar-refractivity contribution in [3.05, 3.63) is 24.3 Å². The quantitative estimate of drug-likeness (QED) is 0.0320. The molecule has 6 heteroatoms. The average molecular weight is 1010 g/mol. The van der Waals surface area contributed by atoms with Gasteiger partial charge in [0, 0.05) is 12.8 Å². The number of esters is 1. The van der Waals surface area contributed by atoms with Crippen LogP contribution in [0, 0.1) is 0 Å². The van der Waals surface area contributed by atoms with Crippen LogP contribution in [-0.2, 0) is 14.3 Å². The van der Waals surface area contributed by atoms with Crippen molar-refractivity contribution in [2.45, 2.75) is 373 Å². The Labute approximate surface area is 450 Å². The lowest BCUT2D eigenvalue weighted by atomic mass is 10.0. The van der Waals surface area contributed by atoms with E-state index in [0.29, 0.717) is 19.4 Å². The summed E-state index contributed by atoms with van der Waals surface area (Å²) >= 11 is 0. The van der Waals surface area contributed by atoms with Crippen molar-refractivity contribution in [1.29, 1.82) is 0 Å². The van der Waals surface area contributed by atoms with E-state index in [9.17, 15) is 19.8 Å². The van der Waals surface area contributed by atoms with Gasteiger partial charge in [0.15, 0.2) is 0 Å². The largest absolute Gasteiger partial charge is 0.466 e. The summed E-state index contributed by atoms with van der Waals surface area (Å²) in [4.78, 5) is 24.6. The Balaban J connectivity index is 3.42. The van der Waals surface area contributed by atoms with Crippen LogP contribution in [0.1, 0.15) is 361 Å². The highest BCUT2D eigenvalue weighted by Crippen LogP contribution is 2.18. The summed E-state index contributed by atoms with van der Waals surface area (Å²) in [6.07, 6.45) is 76.5. The lowest BCUT2D eigenvalue weighted by Gasteiger charge is -2.20. The van der Waals surface area contributed by atoms with Crippen LogP contribution in [0.5, 0.6) is 0 Å². The van der Waals surface area contributed by atoms with Gasteiger partial charge >= 0.3 is 5.97 Å². The average Bonchev–Trinajstić information content (AvgIpc) is 3.38. The van der Waals surface area contributed by atoms with Crippen LogP contribution in [0.15, 0.2) is 24.3 Å². The zero-order valence-electron chi connectivity index (χ0n) is 48.7. The number of hydrogen-bond acceptors (Lipinski definition) is 5. The fourth-order valence-corrected chi connectivity index (χ4v) is 10.2.